The second-order valence-corrected chi connectivity index (χ2v) is 9.81. The molecular weight excluding hydrogens is 470 g/mol. The number of nitrogens with zero attached hydrogens (tertiary/aromatic N) is 1. The standard InChI is InChI=1S/C28H29N5O4/c1-15-5-3-7-21-25(15)19(26(34)32-21)12-17(14-29)30-27(35)22(11-16-9-10-16)33-28(36)23-13-18-20(31-23)6-4-8-24(18)37-2/h3-8,13,16-17,19,22,31H,9-12H2,1-2H3,(H,30,35)(H,32,34)(H,33,36). The van der Waals surface area contributed by atoms with E-state index in [2.05, 4.69) is 27.0 Å². The van der Waals surface area contributed by atoms with Crippen LogP contribution < -0.4 is 20.7 Å². The van der Waals surface area contributed by atoms with E-state index in [1.807, 2.05) is 43.3 Å². The number of aromatic nitrogens is 1. The fraction of sp³-hybridized carbons (Fsp3) is 0.357. The van der Waals surface area contributed by atoms with Crippen LogP contribution in [0, 0.1) is 24.2 Å². The Hall–Kier alpha value is -4.32. The average Bonchev–Trinajstić information content (AvgIpc) is 3.49. The highest BCUT2D eigenvalue weighted by molar-refractivity contribution is 6.04. The summed E-state index contributed by atoms with van der Waals surface area (Å²) in [6.07, 6.45) is 2.65. The molecule has 1 fully saturated rings. The van der Waals surface area contributed by atoms with Gasteiger partial charge in [-0.05, 0) is 61.1 Å². The molecule has 0 saturated heterocycles. The van der Waals surface area contributed by atoms with Crippen LogP contribution in [0.4, 0.5) is 5.69 Å². The van der Waals surface area contributed by atoms with Crippen molar-refractivity contribution in [2.24, 2.45) is 5.92 Å². The van der Waals surface area contributed by atoms with Crippen molar-refractivity contribution in [1.29, 1.82) is 5.26 Å². The van der Waals surface area contributed by atoms with Crippen LogP contribution in [0.3, 0.4) is 0 Å². The number of aryl methyl sites for hydroxylation is 1. The summed E-state index contributed by atoms with van der Waals surface area (Å²) in [7, 11) is 1.57. The van der Waals surface area contributed by atoms with Gasteiger partial charge in [-0.1, -0.05) is 31.0 Å². The average molecular weight is 500 g/mol. The molecule has 0 bridgehead atoms. The van der Waals surface area contributed by atoms with Gasteiger partial charge in [0.25, 0.3) is 5.91 Å². The predicted octanol–water partition coefficient (Wildman–Crippen LogP) is 3.52. The van der Waals surface area contributed by atoms with Crippen LogP contribution in [-0.4, -0.2) is 41.9 Å². The van der Waals surface area contributed by atoms with Gasteiger partial charge in [-0.3, -0.25) is 14.4 Å². The normalized spacial score (nSPS) is 17.9. The first-order valence-corrected chi connectivity index (χ1v) is 12.4. The molecule has 3 amide bonds. The first-order chi connectivity index (χ1) is 17.9. The van der Waals surface area contributed by atoms with Gasteiger partial charge in [-0.15, -0.1) is 0 Å². The number of carbonyl (C=O) groups is 3. The van der Waals surface area contributed by atoms with E-state index in [-0.39, 0.29) is 12.3 Å². The summed E-state index contributed by atoms with van der Waals surface area (Å²) in [6.45, 7) is 1.92. The molecule has 1 saturated carbocycles. The van der Waals surface area contributed by atoms with Crippen molar-refractivity contribution in [1.82, 2.24) is 15.6 Å². The minimum absolute atomic E-state index is 0.151. The van der Waals surface area contributed by atoms with E-state index < -0.39 is 29.8 Å². The van der Waals surface area contributed by atoms with Gasteiger partial charge in [-0.2, -0.15) is 5.26 Å². The van der Waals surface area contributed by atoms with Gasteiger partial charge in [0.05, 0.1) is 19.1 Å². The lowest BCUT2D eigenvalue weighted by Gasteiger charge is -2.21. The monoisotopic (exact) mass is 499 g/mol. The molecule has 9 nitrogen and oxygen atoms in total. The number of methoxy groups -OCH3 is 1. The maximum Gasteiger partial charge on any atom is 0.268 e. The molecule has 2 aliphatic rings. The van der Waals surface area contributed by atoms with Gasteiger partial charge in [-0.25, -0.2) is 0 Å². The number of hydrogen-bond acceptors (Lipinski definition) is 5. The van der Waals surface area contributed by atoms with Crippen molar-refractivity contribution in [3.05, 3.63) is 59.3 Å². The number of nitrogens with one attached hydrogen (secondary N) is 4. The SMILES string of the molecule is COc1cccc2[nH]c(C(=O)NC(CC3CC3)C(=O)NC(C#N)CC3C(=O)Nc4cccc(C)c43)cc12. The Morgan fingerprint density at radius 3 is 2.68 bits per heavy atom. The molecule has 2 heterocycles. The molecule has 1 aliphatic heterocycles. The number of anilines is 1. The fourth-order valence-corrected chi connectivity index (χ4v) is 5.06. The fourth-order valence-electron chi connectivity index (χ4n) is 5.06. The zero-order valence-corrected chi connectivity index (χ0v) is 20.8. The maximum atomic E-state index is 13.3. The summed E-state index contributed by atoms with van der Waals surface area (Å²) < 4.78 is 5.37. The third kappa shape index (κ3) is 5.00. The lowest BCUT2D eigenvalue weighted by Crippen LogP contribution is -2.50. The van der Waals surface area contributed by atoms with Gasteiger partial charge >= 0.3 is 0 Å². The number of nitriles is 1. The van der Waals surface area contributed by atoms with E-state index >= 15 is 0 Å². The van der Waals surface area contributed by atoms with Crippen LogP contribution in [0.25, 0.3) is 10.9 Å². The number of fused-ring (bicyclic) bond motifs is 2. The molecule has 2 aromatic carbocycles. The molecule has 190 valence electrons. The summed E-state index contributed by atoms with van der Waals surface area (Å²) in [5, 5.41) is 19.1. The number of rotatable bonds is 9. The highest BCUT2D eigenvalue weighted by Gasteiger charge is 2.36. The molecule has 9 heteroatoms. The van der Waals surface area contributed by atoms with Crippen molar-refractivity contribution in [2.75, 3.05) is 12.4 Å². The third-order valence-corrected chi connectivity index (χ3v) is 7.17. The zero-order chi connectivity index (χ0) is 26.1. The molecule has 3 aromatic rings. The van der Waals surface area contributed by atoms with Gasteiger partial charge in [0.1, 0.15) is 23.5 Å². The number of carbonyl (C=O) groups excluding carboxylic acids is 3. The molecule has 0 spiro atoms. The zero-order valence-electron chi connectivity index (χ0n) is 20.8. The number of amides is 3. The molecule has 5 rings (SSSR count). The largest absolute Gasteiger partial charge is 0.496 e. The number of hydrogen-bond donors (Lipinski definition) is 4. The Balaban J connectivity index is 1.30. The highest BCUT2D eigenvalue weighted by atomic mass is 16.5. The van der Waals surface area contributed by atoms with Crippen molar-refractivity contribution >= 4 is 34.3 Å². The van der Waals surface area contributed by atoms with Crippen LogP contribution in [0.1, 0.15) is 53.2 Å². The van der Waals surface area contributed by atoms with Crippen molar-refractivity contribution in [3.8, 4) is 11.8 Å². The first kappa shape index (κ1) is 24.4. The van der Waals surface area contributed by atoms with Crippen molar-refractivity contribution in [2.45, 2.75) is 50.6 Å². The Kier molecular flexibility index (Phi) is 6.57. The van der Waals surface area contributed by atoms with Crippen molar-refractivity contribution < 1.29 is 19.1 Å². The Morgan fingerprint density at radius 1 is 1.16 bits per heavy atom. The maximum absolute atomic E-state index is 13.3. The summed E-state index contributed by atoms with van der Waals surface area (Å²) in [5.74, 6) is -0.551. The minimum atomic E-state index is -0.884. The van der Waals surface area contributed by atoms with Gasteiger partial charge in [0, 0.05) is 16.6 Å². The lowest BCUT2D eigenvalue weighted by molar-refractivity contribution is -0.124. The minimum Gasteiger partial charge on any atom is -0.496 e. The topological polar surface area (TPSA) is 136 Å². The highest BCUT2D eigenvalue weighted by Crippen LogP contribution is 2.38. The second-order valence-electron chi connectivity index (χ2n) is 9.81. The van der Waals surface area contributed by atoms with Gasteiger partial charge in [0.15, 0.2) is 0 Å². The summed E-state index contributed by atoms with van der Waals surface area (Å²) in [4.78, 5) is 42.1. The van der Waals surface area contributed by atoms with Crippen LogP contribution in [0.2, 0.25) is 0 Å². The molecular formula is C28H29N5O4. The van der Waals surface area contributed by atoms with Crippen LogP contribution >= 0.6 is 0 Å². The number of benzene rings is 2. The van der Waals surface area contributed by atoms with E-state index in [0.29, 0.717) is 23.8 Å². The van der Waals surface area contributed by atoms with E-state index in [1.165, 1.54) is 0 Å². The van der Waals surface area contributed by atoms with Crippen LogP contribution in [-0.2, 0) is 9.59 Å². The summed E-state index contributed by atoms with van der Waals surface area (Å²) >= 11 is 0. The molecule has 1 aliphatic carbocycles. The Bertz CT molecular complexity index is 1420. The van der Waals surface area contributed by atoms with Crippen molar-refractivity contribution in [3.63, 3.8) is 0 Å². The summed E-state index contributed by atoms with van der Waals surface area (Å²) in [5.41, 5.74) is 3.63. The van der Waals surface area contributed by atoms with Gasteiger partial charge in [0.2, 0.25) is 11.8 Å². The molecule has 0 radical (unpaired) electrons. The van der Waals surface area contributed by atoms with E-state index in [4.69, 9.17) is 4.74 Å². The molecule has 3 atom stereocenters. The molecule has 3 unspecified atom stereocenters. The Morgan fingerprint density at radius 2 is 1.95 bits per heavy atom. The Labute approximate surface area is 214 Å². The third-order valence-electron chi connectivity index (χ3n) is 7.17. The predicted molar refractivity (Wildman–Crippen MR) is 138 cm³/mol. The smallest absolute Gasteiger partial charge is 0.268 e. The molecule has 4 N–H and O–H groups in total. The van der Waals surface area contributed by atoms with E-state index in [0.717, 1.165) is 40.6 Å². The second kappa shape index (κ2) is 9.97. The first-order valence-electron chi connectivity index (χ1n) is 12.4. The van der Waals surface area contributed by atoms with Crippen LogP contribution in [0.15, 0.2) is 42.5 Å². The van der Waals surface area contributed by atoms with Gasteiger partial charge < -0.3 is 25.7 Å². The van der Waals surface area contributed by atoms with Crippen LogP contribution in [0.5, 0.6) is 5.75 Å². The number of aromatic amines is 1. The number of H-pyrrole nitrogens is 1. The molecule has 1 aromatic heterocycles. The molecule has 37 heavy (non-hydrogen) atoms. The van der Waals surface area contributed by atoms with E-state index in [1.54, 1.807) is 13.2 Å². The van der Waals surface area contributed by atoms with E-state index in [9.17, 15) is 19.6 Å². The quantitative estimate of drug-likeness (QED) is 0.357. The number of ether oxygens (including phenoxy) is 1. The lowest BCUT2D eigenvalue weighted by atomic mass is 9.90. The summed E-state index contributed by atoms with van der Waals surface area (Å²) in [6, 6.07) is 13.3.